The summed E-state index contributed by atoms with van der Waals surface area (Å²) in [5.41, 5.74) is 10.4. The highest BCUT2D eigenvalue weighted by atomic mass is 35.5. The Morgan fingerprint density at radius 3 is 1.45 bits per heavy atom. The van der Waals surface area contributed by atoms with Crippen LogP contribution in [0.3, 0.4) is 0 Å². The minimum atomic E-state index is 0.0703. The number of hydrogen-bond donors (Lipinski definition) is 0. The molecule has 0 aromatic heterocycles. The minimum absolute atomic E-state index is 0.0703. The Labute approximate surface area is 239 Å². The second-order valence-electron chi connectivity index (χ2n) is 12.6. The molecule has 2 aromatic rings. The predicted octanol–water partition coefficient (Wildman–Crippen LogP) is 10.6. The number of hydrogen-bond acceptors (Lipinski definition) is 1. The van der Waals surface area contributed by atoms with Crippen LogP contribution in [-0.2, 0) is 17.6 Å². The van der Waals surface area contributed by atoms with Gasteiger partial charge in [0.05, 0.1) is 0 Å². The van der Waals surface area contributed by atoms with E-state index < -0.39 is 0 Å². The van der Waals surface area contributed by atoms with E-state index in [9.17, 15) is 4.79 Å². The summed E-state index contributed by atoms with van der Waals surface area (Å²) >= 11 is 12.8. The maximum absolute atomic E-state index is 13.2. The second-order valence-corrected chi connectivity index (χ2v) is 13.5. The number of halogens is 2. The van der Waals surface area contributed by atoms with Crippen molar-refractivity contribution >= 4 is 40.1 Å². The molecule has 0 radical (unpaired) electrons. The van der Waals surface area contributed by atoms with Crippen LogP contribution < -0.4 is 0 Å². The van der Waals surface area contributed by atoms with Crippen LogP contribution in [0.4, 0.5) is 0 Å². The van der Waals surface area contributed by atoms with Gasteiger partial charge in [-0.3, -0.25) is 4.79 Å². The third-order valence-corrected chi connectivity index (χ3v) is 8.08. The van der Waals surface area contributed by atoms with Gasteiger partial charge in [-0.25, -0.2) is 0 Å². The lowest BCUT2D eigenvalue weighted by molar-refractivity contribution is -0.119. The van der Waals surface area contributed by atoms with E-state index in [1.807, 2.05) is 24.3 Å². The lowest BCUT2D eigenvalue weighted by atomic mass is 9.81. The molecule has 0 fully saturated rings. The maximum Gasteiger partial charge on any atom is 0.133 e. The van der Waals surface area contributed by atoms with Crippen LogP contribution in [0.2, 0.25) is 10.0 Å². The molecule has 200 valence electrons. The van der Waals surface area contributed by atoms with Crippen LogP contribution in [0.5, 0.6) is 0 Å². The molecule has 0 amide bonds. The first-order chi connectivity index (χ1) is 17.8. The van der Waals surface area contributed by atoms with E-state index >= 15 is 0 Å². The summed E-state index contributed by atoms with van der Waals surface area (Å²) in [5.74, 6) is 0.269. The summed E-state index contributed by atoms with van der Waals surface area (Å²) in [6.07, 6.45) is 13.2. The Morgan fingerprint density at radius 1 is 0.684 bits per heavy atom. The molecule has 0 bridgehead atoms. The molecule has 2 aliphatic carbocycles. The van der Waals surface area contributed by atoms with Gasteiger partial charge in [-0.2, -0.15) is 0 Å². The van der Waals surface area contributed by atoms with Gasteiger partial charge in [-0.1, -0.05) is 101 Å². The smallest absolute Gasteiger partial charge is 0.133 e. The molecule has 4 rings (SSSR count). The predicted molar refractivity (Wildman–Crippen MR) is 165 cm³/mol. The third-order valence-electron chi connectivity index (χ3n) is 7.61. The molecule has 0 saturated heterocycles. The van der Waals surface area contributed by atoms with Crippen molar-refractivity contribution in [3.63, 3.8) is 0 Å². The Morgan fingerprint density at radius 2 is 1.08 bits per heavy atom. The van der Waals surface area contributed by atoms with Gasteiger partial charge >= 0.3 is 0 Å². The number of rotatable bonds is 8. The number of carbonyl (C=O) groups excluding carboxylic acids is 1. The summed E-state index contributed by atoms with van der Waals surface area (Å²) in [6, 6.07) is 12.3. The lowest BCUT2D eigenvalue weighted by Gasteiger charge is -2.23. The van der Waals surface area contributed by atoms with Crippen molar-refractivity contribution in [1.29, 1.82) is 0 Å². The number of aryl methyl sites for hydroxylation is 2. The van der Waals surface area contributed by atoms with Gasteiger partial charge in [0.1, 0.15) is 5.78 Å². The monoisotopic (exact) mass is 546 g/mol. The van der Waals surface area contributed by atoms with Crippen molar-refractivity contribution < 1.29 is 4.79 Å². The van der Waals surface area contributed by atoms with Crippen molar-refractivity contribution in [3.8, 4) is 0 Å². The van der Waals surface area contributed by atoms with Crippen molar-refractivity contribution in [2.75, 3.05) is 0 Å². The fourth-order valence-electron chi connectivity index (χ4n) is 5.73. The van der Waals surface area contributed by atoms with Gasteiger partial charge in [0.25, 0.3) is 0 Å². The topological polar surface area (TPSA) is 17.1 Å². The van der Waals surface area contributed by atoms with E-state index in [1.165, 1.54) is 33.4 Å². The van der Waals surface area contributed by atoms with E-state index in [1.54, 1.807) is 0 Å². The molecule has 3 heteroatoms. The Balaban J connectivity index is 1.50. The number of Topliss-reactive ketones (excluding diaryl/α,β-unsaturated/α-hetero) is 1. The van der Waals surface area contributed by atoms with E-state index in [4.69, 9.17) is 23.2 Å². The molecule has 2 aliphatic rings. The SMILES string of the molecule is CC(C)(C)C1=C(c2ccc(Cl)cc2CCC(=O)CCc2cc(Cl)ccc2C2=C(C(C)(C)C)C=CC2)CC=C1. The van der Waals surface area contributed by atoms with Crippen molar-refractivity contribution in [2.24, 2.45) is 10.8 Å². The second kappa shape index (κ2) is 11.4. The van der Waals surface area contributed by atoms with Crippen LogP contribution in [0, 0.1) is 10.8 Å². The van der Waals surface area contributed by atoms with Gasteiger partial charge in [-0.15, -0.1) is 0 Å². The Kier molecular flexibility index (Phi) is 8.60. The average Bonchev–Trinajstić information content (AvgIpc) is 3.51. The average molecular weight is 548 g/mol. The molecule has 0 spiro atoms. The first-order valence-corrected chi connectivity index (χ1v) is 14.5. The first-order valence-electron chi connectivity index (χ1n) is 13.7. The van der Waals surface area contributed by atoms with Gasteiger partial charge in [0.2, 0.25) is 0 Å². The van der Waals surface area contributed by atoms with Crippen LogP contribution >= 0.6 is 23.2 Å². The summed E-state index contributed by atoms with van der Waals surface area (Å²) in [5, 5.41) is 1.44. The van der Waals surface area contributed by atoms with Gasteiger partial charge in [0.15, 0.2) is 0 Å². The molecule has 0 saturated carbocycles. The Hall–Kier alpha value is -2.35. The summed E-state index contributed by atoms with van der Waals surface area (Å²) in [6.45, 7) is 13.5. The maximum atomic E-state index is 13.2. The number of benzene rings is 2. The third kappa shape index (κ3) is 6.61. The molecule has 38 heavy (non-hydrogen) atoms. The highest BCUT2D eigenvalue weighted by molar-refractivity contribution is 6.31. The number of allylic oxidation sites excluding steroid dienone is 8. The normalized spacial score (nSPS) is 15.8. The van der Waals surface area contributed by atoms with Gasteiger partial charge in [0, 0.05) is 22.9 Å². The largest absolute Gasteiger partial charge is 0.300 e. The van der Waals surface area contributed by atoms with E-state index in [-0.39, 0.29) is 16.6 Å². The molecule has 2 aromatic carbocycles. The lowest BCUT2D eigenvalue weighted by Crippen LogP contribution is -2.10. The molecular weight excluding hydrogens is 507 g/mol. The molecule has 0 aliphatic heterocycles. The van der Waals surface area contributed by atoms with Crippen LogP contribution in [0.25, 0.3) is 11.1 Å². The van der Waals surface area contributed by atoms with E-state index in [0.717, 1.165) is 34.0 Å². The first kappa shape index (κ1) is 28.7. The van der Waals surface area contributed by atoms with Crippen molar-refractivity contribution in [1.82, 2.24) is 0 Å². The van der Waals surface area contributed by atoms with Gasteiger partial charge < -0.3 is 0 Å². The Bertz CT molecular complexity index is 1250. The van der Waals surface area contributed by atoms with Crippen LogP contribution in [0.15, 0.2) is 71.8 Å². The zero-order valence-electron chi connectivity index (χ0n) is 23.7. The minimum Gasteiger partial charge on any atom is -0.300 e. The molecule has 1 nitrogen and oxygen atoms in total. The quantitative estimate of drug-likeness (QED) is 0.321. The molecular formula is C35H40Cl2O. The summed E-state index contributed by atoms with van der Waals surface area (Å²) < 4.78 is 0. The van der Waals surface area contributed by atoms with E-state index in [0.29, 0.717) is 25.7 Å². The fourth-order valence-corrected chi connectivity index (χ4v) is 6.12. The molecule has 0 atom stereocenters. The molecule has 0 heterocycles. The van der Waals surface area contributed by atoms with Crippen molar-refractivity contribution in [2.45, 2.75) is 80.1 Å². The zero-order valence-corrected chi connectivity index (χ0v) is 25.2. The summed E-state index contributed by atoms with van der Waals surface area (Å²) in [4.78, 5) is 13.2. The summed E-state index contributed by atoms with van der Waals surface area (Å²) in [7, 11) is 0. The fraction of sp³-hybridized carbons (Fsp3) is 0.400. The molecule has 0 unspecified atom stereocenters. The highest BCUT2D eigenvalue weighted by Gasteiger charge is 2.25. The molecule has 0 N–H and O–H groups in total. The van der Waals surface area contributed by atoms with Crippen LogP contribution in [-0.4, -0.2) is 5.78 Å². The zero-order chi connectivity index (χ0) is 27.7. The van der Waals surface area contributed by atoms with Crippen molar-refractivity contribution in [3.05, 3.63) is 104 Å². The highest BCUT2D eigenvalue weighted by Crippen LogP contribution is 2.42. The van der Waals surface area contributed by atoms with Gasteiger partial charge in [-0.05, 0) is 105 Å². The standard InChI is InChI=1S/C35H40Cl2O/c1-34(2,3)32-11-7-9-30(32)28-19-15-25(36)21-23(28)13-17-27(38)18-14-24-22-26(37)16-20-29(24)31-10-8-12-33(31)35(4,5)6/h7-8,11-12,15-16,19-22H,9-10,13-14,17-18H2,1-6H3. The number of ketones is 1. The number of carbonyl (C=O) groups is 1. The van der Waals surface area contributed by atoms with E-state index in [2.05, 4.69) is 78.0 Å². The van der Waals surface area contributed by atoms with Crippen LogP contribution in [0.1, 0.15) is 89.5 Å².